The van der Waals surface area contributed by atoms with Crippen LogP contribution in [0.4, 0.5) is 0 Å². The van der Waals surface area contributed by atoms with Crippen LogP contribution in [0.5, 0.6) is 0 Å². The fourth-order valence-corrected chi connectivity index (χ4v) is 1.40. The Hall–Kier alpha value is 4.62. The molecule has 0 aliphatic carbocycles. The summed E-state index contributed by atoms with van der Waals surface area (Å²) in [5.74, 6) is 0. The van der Waals surface area contributed by atoms with Crippen molar-refractivity contribution in [1.82, 2.24) is 0 Å². The van der Waals surface area contributed by atoms with Crippen molar-refractivity contribution in [2.75, 3.05) is 0 Å². The summed E-state index contributed by atoms with van der Waals surface area (Å²) in [6.07, 6.45) is 0. The van der Waals surface area contributed by atoms with Gasteiger partial charge in [0.2, 0.25) is 0 Å². The van der Waals surface area contributed by atoms with Crippen LogP contribution < -0.4 is 118 Å². The van der Waals surface area contributed by atoms with Crippen LogP contribution in [-0.4, -0.2) is 14.5 Å². The van der Waals surface area contributed by atoms with Crippen LogP contribution in [0.15, 0.2) is 0 Å². The maximum absolute atomic E-state index is 9.90. The first kappa shape index (κ1) is 31.8. The number of alkyl halides is 2. The van der Waals surface area contributed by atoms with Crippen molar-refractivity contribution in [2.24, 2.45) is 0 Å². The monoisotopic (exact) mass is 338 g/mol. The third kappa shape index (κ3) is 24.1. The molecule has 0 aromatic rings. The van der Waals surface area contributed by atoms with Crippen molar-refractivity contribution >= 4 is 39.7 Å². The van der Waals surface area contributed by atoms with Crippen LogP contribution >= 0.6 is 39.7 Å². The largest absolute Gasteiger partial charge is 1.00 e. The van der Waals surface area contributed by atoms with E-state index in [-0.39, 0.29) is 124 Å². The molecule has 0 rings (SSSR count). The number of hydrogen-bond acceptors (Lipinski definition) is 4. The summed E-state index contributed by atoms with van der Waals surface area (Å²) in [4.78, 5) is 16.1. The Balaban J connectivity index is -0.0000000179. The first-order valence-corrected chi connectivity index (χ1v) is 4.93. The molecule has 72 valence electrons. The number of halogens is 2. The van der Waals surface area contributed by atoms with Gasteiger partial charge in [0.05, 0.1) is 0 Å². The summed E-state index contributed by atoms with van der Waals surface area (Å²) in [6.45, 7) is 0. The molecular formula is CH6Cl2Na4O6P2+2. The van der Waals surface area contributed by atoms with Crippen molar-refractivity contribution in [2.45, 2.75) is 4.71 Å². The number of rotatable bonds is 4. The van der Waals surface area contributed by atoms with Gasteiger partial charge in [-0.3, -0.25) is 0 Å². The average molecular weight is 339 g/mol. The zero-order chi connectivity index (χ0) is 9.07. The van der Waals surface area contributed by atoms with Crippen molar-refractivity contribution in [3.8, 4) is 0 Å². The minimum atomic E-state index is -3.10. The van der Waals surface area contributed by atoms with E-state index in [1.54, 1.807) is 0 Å². The topological polar surface area (TPSA) is 93.1 Å². The molecule has 14 heteroatoms. The molecule has 0 amide bonds. The fraction of sp³-hybridized carbons (Fsp3) is 1.00. The minimum absolute atomic E-state index is 0. The van der Waals surface area contributed by atoms with E-state index in [1.165, 1.54) is 0 Å². The van der Waals surface area contributed by atoms with Gasteiger partial charge in [-0.2, -0.15) is 0 Å². The van der Waals surface area contributed by atoms with Crippen LogP contribution in [0.2, 0.25) is 0 Å². The van der Waals surface area contributed by atoms with Crippen LogP contribution in [0.3, 0.4) is 0 Å². The Morgan fingerprint density at radius 2 is 1.13 bits per heavy atom. The predicted molar refractivity (Wildman–Crippen MR) is 40.7 cm³/mol. The normalized spacial score (nSPS) is 10.7. The van der Waals surface area contributed by atoms with Gasteiger partial charge in [0.15, 0.2) is 0 Å². The molecule has 0 bridgehead atoms. The Morgan fingerprint density at radius 1 is 0.933 bits per heavy atom. The van der Waals surface area contributed by atoms with Crippen LogP contribution in [0.1, 0.15) is 5.71 Å². The van der Waals surface area contributed by atoms with Crippen molar-refractivity contribution in [1.29, 1.82) is 0 Å². The van der Waals surface area contributed by atoms with Gasteiger partial charge in [0, 0.05) is 9.13 Å². The molecule has 0 spiro atoms. The Kier molecular flexibility index (Phi) is 35.4. The second-order valence-corrected chi connectivity index (χ2v) is 3.63. The fourth-order valence-electron chi connectivity index (χ4n) is 0.198. The van der Waals surface area contributed by atoms with Crippen LogP contribution in [-0.2, 0) is 18.2 Å². The summed E-state index contributed by atoms with van der Waals surface area (Å²) in [6, 6.07) is 0. The van der Waals surface area contributed by atoms with E-state index in [4.69, 9.17) is 33.0 Å². The SMILES string of the molecule is O=[P+](O)OC(Cl)(Cl)O[P+](=O)O.[H-].[H-].[H-].[H-].[Na+].[Na+].[Na+].[Na+]. The molecular weight excluding hydrogens is 333 g/mol. The zero-order valence-corrected chi connectivity index (χ0v) is 20.0. The first-order valence-electron chi connectivity index (χ1n) is 1.92. The van der Waals surface area contributed by atoms with E-state index in [0.717, 1.165) is 0 Å². The maximum atomic E-state index is 9.90. The molecule has 0 fully saturated rings. The molecule has 0 aromatic heterocycles. The van der Waals surface area contributed by atoms with Gasteiger partial charge in [-0.25, -0.2) is 0 Å². The van der Waals surface area contributed by atoms with Gasteiger partial charge < -0.3 is 5.71 Å². The van der Waals surface area contributed by atoms with Crippen LogP contribution in [0, 0.1) is 0 Å². The molecule has 15 heavy (non-hydrogen) atoms. The summed E-state index contributed by atoms with van der Waals surface area (Å²) in [7, 11) is -6.20. The molecule has 2 atom stereocenters. The minimum Gasteiger partial charge on any atom is -1.00 e. The van der Waals surface area contributed by atoms with E-state index in [0.29, 0.717) is 0 Å². The molecule has 6 nitrogen and oxygen atoms in total. The molecule has 0 heterocycles. The smallest absolute Gasteiger partial charge is 1.00 e. The molecule has 0 aliphatic rings. The van der Waals surface area contributed by atoms with Gasteiger partial charge in [-0.15, -0.1) is 9.79 Å². The van der Waals surface area contributed by atoms with E-state index in [2.05, 4.69) is 9.05 Å². The molecule has 0 saturated carbocycles. The maximum Gasteiger partial charge on any atom is 1.00 e. The van der Waals surface area contributed by atoms with Crippen molar-refractivity contribution in [3.63, 3.8) is 0 Å². The van der Waals surface area contributed by atoms with E-state index in [9.17, 15) is 9.13 Å². The second kappa shape index (κ2) is 16.7. The predicted octanol–water partition coefficient (Wildman–Crippen LogP) is -10.1. The van der Waals surface area contributed by atoms with E-state index in [1.807, 2.05) is 0 Å². The third-order valence-electron chi connectivity index (χ3n) is 0.369. The third-order valence-corrected chi connectivity index (χ3v) is 1.93. The van der Waals surface area contributed by atoms with Gasteiger partial charge in [0.25, 0.3) is 0 Å². The second-order valence-electron chi connectivity index (χ2n) is 1.12. The van der Waals surface area contributed by atoms with Crippen molar-refractivity contribution < 1.29 is 152 Å². The standard InChI is InChI=1S/CCl2O6P2.4Na.4H/c2-1(3,8-10(4)5)9-11(6)7;;;;;;;;/q;4*+1;4*-1/p+2. The van der Waals surface area contributed by atoms with Gasteiger partial charge in [-0.05, 0) is 32.2 Å². The van der Waals surface area contributed by atoms with Crippen molar-refractivity contribution in [3.05, 3.63) is 0 Å². The first-order chi connectivity index (χ1) is 4.83. The Morgan fingerprint density at radius 3 is 1.27 bits per heavy atom. The summed E-state index contributed by atoms with van der Waals surface area (Å²) < 4.78 is 24.8. The summed E-state index contributed by atoms with van der Waals surface area (Å²) >= 11 is 9.92. The molecule has 0 radical (unpaired) electrons. The van der Waals surface area contributed by atoms with E-state index < -0.39 is 21.2 Å². The summed E-state index contributed by atoms with van der Waals surface area (Å²) in [5, 5.41) is 0. The zero-order valence-electron chi connectivity index (χ0n) is 12.7. The molecule has 2 unspecified atom stereocenters. The Labute approximate surface area is 193 Å². The molecule has 0 aliphatic heterocycles. The van der Waals surface area contributed by atoms with E-state index >= 15 is 0 Å². The molecule has 0 saturated heterocycles. The number of hydrogen-bond donors (Lipinski definition) is 2. The Bertz CT molecular complexity index is 188. The van der Waals surface area contributed by atoms with Gasteiger partial charge in [-0.1, -0.05) is 0 Å². The van der Waals surface area contributed by atoms with Gasteiger partial charge >= 0.3 is 139 Å². The summed E-state index contributed by atoms with van der Waals surface area (Å²) in [5.41, 5.74) is 0. The quantitative estimate of drug-likeness (QED) is 0.229. The molecule has 0 aromatic carbocycles. The van der Waals surface area contributed by atoms with Gasteiger partial charge in [0.1, 0.15) is 0 Å². The average Bonchev–Trinajstić information content (AvgIpc) is 1.53. The molecule has 2 N–H and O–H groups in total. The van der Waals surface area contributed by atoms with Crippen LogP contribution in [0.25, 0.3) is 0 Å².